The van der Waals surface area contributed by atoms with Crippen molar-refractivity contribution in [2.24, 2.45) is 5.73 Å². The molecule has 0 saturated carbocycles. The number of hydrogen-bond acceptors (Lipinski definition) is 5. The minimum Gasteiger partial charge on any atom is -0.380 e. The molecule has 1 aromatic rings. The summed E-state index contributed by atoms with van der Waals surface area (Å²) >= 11 is 5.90. The Morgan fingerprint density at radius 2 is 1.88 bits per heavy atom. The van der Waals surface area contributed by atoms with Gasteiger partial charge < -0.3 is 25.6 Å². The van der Waals surface area contributed by atoms with Gasteiger partial charge >= 0.3 is 0 Å². The number of nitrogens with two attached hydrogens (primary N) is 1. The quantitative estimate of drug-likeness (QED) is 0.730. The molecule has 0 aliphatic carbocycles. The molecule has 25 heavy (non-hydrogen) atoms. The number of anilines is 1. The second kappa shape index (κ2) is 9.60. The van der Waals surface area contributed by atoms with Crippen molar-refractivity contribution in [3.63, 3.8) is 0 Å². The van der Waals surface area contributed by atoms with Crippen molar-refractivity contribution in [2.75, 3.05) is 51.3 Å². The predicted molar refractivity (Wildman–Crippen MR) is 97.7 cm³/mol. The summed E-state index contributed by atoms with van der Waals surface area (Å²) in [6.07, 6.45) is -0.164. The zero-order valence-corrected chi connectivity index (χ0v) is 15.2. The number of methoxy groups -OCH3 is 1. The molecule has 1 heterocycles. The van der Waals surface area contributed by atoms with Crippen LogP contribution in [0.2, 0.25) is 5.02 Å². The van der Waals surface area contributed by atoms with E-state index in [-0.39, 0.29) is 37.4 Å². The summed E-state index contributed by atoms with van der Waals surface area (Å²) in [5, 5.41) is 3.34. The van der Waals surface area contributed by atoms with Gasteiger partial charge in [-0.05, 0) is 24.3 Å². The first-order valence-corrected chi connectivity index (χ1v) is 8.69. The van der Waals surface area contributed by atoms with Crippen LogP contribution in [0.25, 0.3) is 0 Å². The van der Waals surface area contributed by atoms with Gasteiger partial charge in [-0.1, -0.05) is 11.6 Å². The van der Waals surface area contributed by atoms with Gasteiger partial charge in [-0.15, -0.1) is 0 Å². The number of piperazine rings is 1. The number of halogens is 1. The lowest BCUT2D eigenvalue weighted by atomic mass is 10.2. The molecule has 3 N–H and O–H groups in total. The van der Waals surface area contributed by atoms with E-state index in [0.29, 0.717) is 18.1 Å². The highest BCUT2D eigenvalue weighted by Crippen LogP contribution is 2.19. The molecule has 2 rings (SSSR count). The zero-order valence-electron chi connectivity index (χ0n) is 14.4. The molecule has 0 aromatic heterocycles. The summed E-state index contributed by atoms with van der Waals surface area (Å²) in [5.41, 5.74) is 6.58. The van der Waals surface area contributed by atoms with Gasteiger partial charge in [-0.2, -0.15) is 0 Å². The smallest absolute Gasteiger partial charge is 0.242 e. The Kier molecular flexibility index (Phi) is 7.49. The minimum atomic E-state index is -0.321. The Morgan fingerprint density at radius 1 is 1.24 bits per heavy atom. The number of hydrogen-bond donors (Lipinski definition) is 2. The number of nitrogens with zero attached hydrogens (tertiary/aromatic N) is 2. The van der Waals surface area contributed by atoms with Crippen LogP contribution in [0.15, 0.2) is 24.3 Å². The molecule has 1 aliphatic heterocycles. The van der Waals surface area contributed by atoms with Crippen LogP contribution in [0.1, 0.15) is 6.42 Å². The standard InChI is InChI=1S/C17H25ClN4O3/c1-25-15(11-19)10-16(23)20-12-17(24)22-8-6-21(7-9-22)14-4-2-13(18)3-5-14/h2-5,15H,6-12,19H2,1H3,(H,20,23). The van der Waals surface area contributed by atoms with Crippen molar-refractivity contribution in [3.05, 3.63) is 29.3 Å². The van der Waals surface area contributed by atoms with Crippen molar-refractivity contribution in [1.82, 2.24) is 10.2 Å². The summed E-state index contributed by atoms with van der Waals surface area (Å²) < 4.78 is 5.06. The Morgan fingerprint density at radius 3 is 2.44 bits per heavy atom. The van der Waals surface area contributed by atoms with Crippen molar-refractivity contribution in [1.29, 1.82) is 0 Å². The largest absolute Gasteiger partial charge is 0.380 e. The van der Waals surface area contributed by atoms with Crippen LogP contribution in [0.4, 0.5) is 5.69 Å². The number of nitrogens with one attached hydrogen (secondary N) is 1. The fourth-order valence-electron chi connectivity index (χ4n) is 2.69. The van der Waals surface area contributed by atoms with Crippen LogP contribution in [0.5, 0.6) is 0 Å². The molecule has 8 heteroatoms. The number of carbonyl (C=O) groups excluding carboxylic acids is 2. The number of rotatable bonds is 7. The van der Waals surface area contributed by atoms with E-state index >= 15 is 0 Å². The first kappa shape index (κ1) is 19.5. The van der Waals surface area contributed by atoms with Gasteiger partial charge in [0.1, 0.15) is 0 Å². The maximum atomic E-state index is 12.2. The third-order valence-corrected chi connectivity index (χ3v) is 4.52. The average Bonchev–Trinajstić information content (AvgIpc) is 2.65. The van der Waals surface area contributed by atoms with Crippen molar-refractivity contribution < 1.29 is 14.3 Å². The molecule has 7 nitrogen and oxygen atoms in total. The molecular formula is C17H25ClN4O3. The van der Waals surface area contributed by atoms with Crippen molar-refractivity contribution in [3.8, 4) is 0 Å². The highest BCUT2D eigenvalue weighted by molar-refractivity contribution is 6.30. The second-order valence-corrected chi connectivity index (χ2v) is 6.35. The van der Waals surface area contributed by atoms with Crippen molar-refractivity contribution in [2.45, 2.75) is 12.5 Å². The van der Waals surface area contributed by atoms with Gasteiger partial charge in [0.05, 0.1) is 19.1 Å². The van der Waals surface area contributed by atoms with Gasteiger partial charge in [-0.25, -0.2) is 0 Å². The molecule has 1 fully saturated rings. The van der Waals surface area contributed by atoms with Crippen LogP contribution in [-0.4, -0.2) is 69.2 Å². The van der Waals surface area contributed by atoms with Gasteiger partial charge in [0.15, 0.2) is 0 Å². The van der Waals surface area contributed by atoms with Crippen LogP contribution >= 0.6 is 11.6 Å². The number of ether oxygens (including phenoxy) is 1. The van der Waals surface area contributed by atoms with Gasteiger partial charge in [0, 0.05) is 50.5 Å². The topological polar surface area (TPSA) is 87.9 Å². The first-order valence-electron chi connectivity index (χ1n) is 8.31. The predicted octanol–water partition coefficient (Wildman–Crippen LogP) is 0.469. The van der Waals surface area contributed by atoms with Crippen LogP contribution in [-0.2, 0) is 14.3 Å². The maximum absolute atomic E-state index is 12.2. The molecule has 1 saturated heterocycles. The van der Waals surface area contributed by atoms with E-state index in [1.165, 1.54) is 7.11 Å². The molecular weight excluding hydrogens is 344 g/mol. The van der Waals surface area contributed by atoms with E-state index in [1.807, 2.05) is 24.3 Å². The van der Waals surface area contributed by atoms with Crippen molar-refractivity contribution >= 4 is 29.1 Å². The molecule has 1 aliphatic rings. The Labute approximate surface area is 153 Å². The van der Waals surface area contributed by atoms with Crippen LogP contribution < -0.4 is 16.0 Å². The average molecular weight is 369 g/mol. The Hall–Kier alpha value is -1.83. The highest BCUT2D eigenvalue weighted by Gasteiger charge is 2.22. The SMILES string of the molecule is COC(CN)CC(=O)NCC(=O)N1CCN(c2ccc(Cl)cc2)CC1. The Balaban J connectivity index is 1.73. The Bertz CT molecular complexity index is 570. The minimum absolute atomic E-state index is 0.000778. The molecule has 1 aromatic carbocycles. The molecule has 0 spiro atoms. The summed E-state index contributed by atoms with van der Waals surface area (Å²) in [6, 6.07) is 7.67. The van der Waals surface area contributed by atoms with E-state index < -0.39 is 0 Å². The van der Waals surface area contributed by atoms with Gasteiger partial charge in [0.25, 0.3) is 0 Å². The van der Waals surface area contributed by atoms with E-state index in [0.717, 1.165) is 18.8 Å². The summed E-state index contributed by atoms with van der Waals surface area (Å²) in [5.74, 6) is -0.309. The summed E-state index contributed by atoms with van der Waals surface area (Å²) in [7, 11) is 1.51. The lowest BCUT2D eigenvalue weighted by Gasteiger charge is -2.36. The molecule has 2 amide bonds. The monoisotopic (exact) mass is 368 g/mol. The fourth-order valence-corrected chi connectivity index (χ4v) is 2.82. The highest BCUT2D eigenvalue weighted by atomic mass is 35.5. The first-order chi connectivity index (χ1) is 12.0. The van der Waals surface area contributed by atoms with Crippen LogP contribution in [0, 0.1) is 0 Å². The summed E-state index contributed by atoms with van der Waals surface area (Å²) in [4.78, 5) is 28.0. The van der Waals surface area contributed by atoms with Gasteiger partial charge in [-0.3, -0.25) is 9.59 Å². The molecule has 0 radical (unpaired) electrons. The van der Waals surface area contributed by atoms with E-state index in [9.17, 15) is 9.59 Å². The lowest BCUT2D eigenvalue weighted by molar-refractivity contribution is -0.133. The molecule has 1 atom stereocenters. The number of carbonyl (C=O) groups is 2. The fraction of sp³-hybridized carbons (Fsp3) is 0.529. The number of benzene rings is 1. The second-order valence-electron chi connectivity index (χ2n) is 5.92. The summed E-state index contributed by atoms with van der Waals surface area (Å²) in [6.45, 7) is 3.02. The normalized spacial score (nSPS) is 15.8. The van der Waals surface area contributed by atoms with E-state index in [2.05, 4.69) is 10.2 Å². The van der Waals surface area contributed by atoms with E-state index in [1.54, 1.807) is 4.90 Å². The molecule has 0 bridgehead atoms. The third kappa shape index (κ3) is 5.88. The molecule has 138 valence electrons. The van der Waals surface area contributed by atoms with Crippen LogP contribution in [0.3, 0.4) is 0 Å². The number of amides is 2. The van der Waals surface area contributed by atoms with E-state index in [4.69, 9.17) is 22.1 Å². The molecule has 1 unspecified atom stereocenters. The zero-order chi connectivity index (χ0) is 18.2. The lowest BCUT2D eigenvalue weighted by Crippen LogP contribution is -2.51. The van der Waals surface area contributed by atoms with Gasteiger partial charge in [0.2, 0.25) is 11.8 Å². The third-order valence-electron chi connectivity index (χ3n) is 4.27. The maximum Gasteiger partial charge on any atom is 0.242 e.